The van der Waals surface area contributed by atoms with Crippen LogP contribution in [0.25, 0.3) is 11.4 Å². The van der Waals surface area contributed by atoms with Crippen LogP contribution in [0.1, 0.15) is 0 Å². The van der Waals surface area contributed by atoms with Crippen LogP contribution in [0, 0.1) is 0 Å². The zero-order chi connectivity index (χ0) is 14.9. The van der Waals surface area contributed by atoms with Gasteiger partial charge in [0.15, 0.2) is 10.9 Å². The van der Waals surface area contributed by atoms with Crippen LogP contribution in [-0.4, -0.2) is 38.8 Å². The van der Waals surface area contributed by atoms with Crippen LogP contribution >= 0.6 is 0 Å². The van der Waals surface area contributed by atoms with Gasteiger partial charge in [0.1, 0.15) is 0 Å². The highest BCUT2D eigenvalue weighted by Crippen LogP contribution is 2.21. The number of hydrogen-bond acceptors (Lipinski definition) is 6. The highest BCUT2D eigenvalue weighted by Gasteiger charge is 2.16. The maximum absolute atomic E-state index is 12.1. The van der Waals surface area contributed by atoms with Gasteiger partial charge in [-0.15, -0.1) is 5.10 Å². The summed E-state index contributed by atoms with van der Waals surface area (Å²) >= 11 is 0. The summed E-state index contributed by atoms with van der Waals surface area (Å²) in [6.45, 7) is 0. The molecular formula is C11H11N7O2S. The number of nitrogens with one attached hydrogen (secondary N) is 2. The van der Waals surface area contributed by atoms with Crippen LogP contribution in [0.3, 0.4) is 0 Å². The molecule has 0 aliphatic heterocycles. The number of tetrazole rings is 1. The quantitative estimate of drug-likeness (QED) is 0.720. The molecule has 108 valence electrons. The Morgan fingerprint density at radius 2 is 2.14 bits per heavy atom. The largest absolute Gasteiger partial charge is 0.278 e. The SMILES string of the molecule is Cn1nnnc1-c1cccc(NS(=O)(=O)c2ccn[nH]2)c1. The Morgan fingerprint density at radius 3 is 2.81 bits per heavy atom. The zero-order valence-electron chi connectivity index (χ0n) is 10.9. The Labute approximate surface area is 120 Å². The lowest BCUT2D eigenvalue weighted by molar-refractivity contribution is 0.597. The summed E-state index contributed by atoms with van der Waals surface area (Å²) in [5.41, 5.74) is 1.11. The van der Waals surface area contributed by atoms with Crippen molar-refractivity contribution in [1.29, 1.82) is 0 Å². The lowest BCUT2D eigenvalue weighted by Crippen LogP contribution is -2.13. The molecule has 0 aliphatic rings. The Bertz CT molecular complexity index is 854. The molecule has 3 aromatic rings. The first-order valence-electron chi connectivity index (χ1n) is 5.91. The van der Waals surface area contributed by atoms with Crippen molar-refractivity contribution in [2.75, 3.05) is 4.72 Å². The molecular weight excluding hydrogens is 294 g/mol. The van der Waals surface area contributed by atoms with E-state index >= 15 is 0 Å². The number of aryl methyl sites for hydroxylation is 1. The maximum Gasteiger partial charge on any atom is 0.278 e. The van der Waals surface area contributed by atoms with E-state index in [1.54, 1.807) is 31.3 Å². The van der Waals surface area contributed by atoms with Gasteiger partial charge in [-0.3, -0.25) is 9.82 Å². The third-order valence-electron chi connectivity index (χ3n) is 2.76. The molecule has 21 heavy (non-hydrogen) atoms. The summed E-state index contributed by atoms with van der Waals surface area (Å²) in [4.78, 5) is 0. The summed E-state index contributed by atoms with van der Waals surface area (Å²) in [7, 11) is -1.99. The topological polar surface area (TPSA) is 118 Å². The third kappa shape index (κ3) is 2.60. The summed E-state index contributed by atoms with van der Waals surface area (Å²) in [5, 5.41) is 17.2. The Balaban J connectivity index is 1.93. The minimum absolute atomic E-state index is 0.00627. The van der Waals surface area contributed by atoms with Gasteiger partial charge in [-0.1, -0.05) is 12.1 Å². The van der Waals surface area contributed by atoms with Crippen LogP contribution < -0.4 is 4.72 Å². The molecule has 9 nitrogen and oxygen atoms in total. The minimum Gasteiger partial charge on any atom is -0.278 e. The molecule has 0 atom stereocenters. The number of nitrogens with zero attached hydrogens (tertiary/aromatic N) is 5. The lowest BCUT2D eigenvalue weighted by Gasteiger charge is -2.07. The first-order valence-corrected chi connectivity index (χ1v) is 7.39. The molecule has 1 aromatic carbocycles. The summed E-state index contributed by atoms with van der Waals surface area (Å²) in [6.07, 6.45) is 1.37. The van der Waals surface area contributed by atoms with E-state index in [-0.39, 0.29) is 5.03 Å². The van der Waals surface area contributed by atoms with Crippen molar-refractivity contribution in [2.45, 2.75) is 5.03 Å². The Morgan fingerprint density at radius 1 is 1.29 bits per heavy atom. The predicted octanol–water partition coefficient (Wildman–Crippen LogP) is 0.401. The molecule has 2 aromatic heterocycles. The first kappa shape index (κ1) is 13.2. The number of hydrogen-bond donors (Lipinski definition) is 2. The average Bonchev–Trinajstić information content (AvgIpc) is 3.09. The molecule has 2 heterocycles. The molecule has 0 aliphatic carbocycles. The van der Waals surface area contributed by atoms with E-state index in [1.807, 2.05) is 0 Å². The normalized spacial score (nSPS) is 11.5. The van der Waals surface area contributed by atoms with Crippen LogP contribution in [0.15, 0.2) is 41.6 Å². The fourth-order valence-corrected chi connectivity index (χ4v) is 2.76. The van der Waals surface area contributed by atoms with E-state index in [0.29, 0.717) is 17.1 Å². The lowest BCUT2D eigenvalue weighted by atomic mass is 10.2. The van der Waals surface area contributed by atoms with Crippen LogP contribution in [0.2, 0.25) is 0 Å². The van der Waals surface area contributed by atoms with Gasteiger partial charge in [0.25, 0.3) is 10.0 Å². The zero-order valence-corrected chi connectivity index (χ0v) is 11.7. The van der Waals surface area contributed by atoms with Crippen LogP contribution in [0.4, 0.5) is 5.69 Å². The second-order valence-corrected chi connectivity index (χ2v) is 5.88. The molecule has 10 heteroatoms. The summed E-state index contributed by atoms with van der Waals surface area (Å²) < 4.78 is 28.2. The first-order chi connectivity index (χ1) is 10.1. The van der Waals surface area contributed by atoms with Gasteiger partial charge in [0, 0.05) is 18.3 Å². The number of aromatic amines is 1. The summed E-state index contributed by atoms with van der Waals surface area (Å²) in [5.74, 6) is 0.539. The molecule has 0 fully saturated rings. The Hall–Kier alpha value is -2.75. The summed E-state index contributed by atoms with van der Waals surface area (Å²) in [6, 6.07) is 8.17. The smallest absolute Gasteiger partial charge is 0.278 e. The van der Waals surface area contributed by atoms with Crippen molar-refractivity contribution in [1.82, 2.24) is 30.4 Å². The highest BCUT2D eigenvalue weighted by molar-refractivity contribution is 7.92. The van der Waals surface area contributed by atoms with Gasteiger partial charge < -0.3 is 0 Å². The number of H-pyrrole nitrogens is 1. The monoisotopic (exact) mass is 305 g/mol. The molecule has 3 rings (SSSR count). The van der Waals surface area contributed by atoms with Gasteiger partial charge in [0.2, 0.25) is 0 Å². The van der Waals surface area contributed by atoms with Crippen molar-refractivity contribution < 1.29 is 8.42 Å². The Kier molecular flexibility index (Phi) is 3.14. The van der Waals surface area contributed by atoms with Crippen molar-refractivity contribution in [3.63, 3.8) is 0 Å². The van der Waals surface area contributed by atoms with Crippen molar-refractivity contribution in [2.24, 2.45) is 7.05 Å². The number of rotatable bonds is 4. The molecule has 0 amide bonds. The molecule has 0 bridgehead atoms. The van der Waals surface area contributed by atoms with Crippen molar-refractivity contribution in [3.05, 3.63) is 36.5 Å². The number of anilines is 1. The predicted molar refractivity (Wildman–Crippen MR) is 73.6 cm³/mol. The van der Waals surface area contributed by atoms with Gasteiger partial charge in [-0.2, -0.15) is 13.5 Å². The number of aromatic nitrogens is 6. The van der Waals surface area contributed by atoms with E-state index in [0.717, 1.165) is 0 Å². The second kappa shape index (κ2) is 4.98. The van der Waals surface area contributed by atoms with Crippen molar-refractivity contribution in [3.8, 4) is 11.4 Å². The van der Waals surface area contributed by atoms with E-state index in [4.69, 9.17) is 0 Å². The molecule has 0 radical (unpaired) electrons. The standard InChI is InChI=1S/C11H11N7O2S/c1-18-11(14-16-17-18)8-3-2-4-9(7-8)15-21(19,20)10-5-6-12-13-10/h2-7,15H,1H3,(H,12,13). The van der Waals surface area contributed by atoms with E-state index in [1.165, 1.54) is 16.9 Å². The molecule has 0 saturated carbocycles. The second-order valence-electron chi connectivity index (χ2n) is 4.23. The number of benzene rings is 1. The highest BCUT2D eigenvalue weighted by atomic mass is 32.2. The molecule has 0 spiro atoms. The van der Waals surface area contributed by atoms with Crippen molar-refractivity contribution >= 4 is 15.7 Å². The number of sulfonamides is 1. The molecule has 0 saturated heterocycles. The van der Waals surface area contributed by atoms with Gasteiger partial charge in [0.05, 0.1) is 6.20 Å². The molecule has 2 N–H and O–H groups in total. The fraction of sp³-hybridized carbons (Fsp3) is 0.0909. The van der Waals surface area contributed by atoms with Crippen LogP contribution in [0.5, 0.6) is 0 Å². The fourth-order valence-electron chi connectivity index (χ4n) is 1.80. The van der Waals surface area contributed by atoms with Gasteiger partial charge in [-0.25, -0.2) is 4.68 Å². The average molecular weight is 305 g/mol. The van der Waals surface area contributed by atoms with E-state index in [9.17, 15) is 8.42 Å². The van der Waals surface area contributed by atoms with Gasteiger partial charge in [-0.05, 0) is 28.6 Å². The third-order valence-corrected chi connectivity index (χ3v) is 4.07. The van der Waals surface area contributed by atoms with E-state index in [2.05, 4.69) is 30.4 Å². The molecule has 0 unspecified atom stereocenters. The minimum atomic E-state index is -3.69. The van der Waals surface area contributed by atoms with Crippen LogP contribution in [-0.2, 0) is 17.1 Å². The maximum atomic E-state index is 12.1. The van der Waals surface area contributed by atoms with E-state index < -0.39 is 10.0 Å². The van der Waals surface area contributed by atoms with Gasteiger partial charge >= 0.3 is 0 Å².